The minimum atomic E-state index is 0.187. The third-order valence-electron chi connectivity index (χ3n) is 3.01. The highest BCUT2D eigenvalue weighted by Crippen LogP contribution is 2.23. The van der Waals surface area contributed by atoms with E-state index in [1.54, 1.807) is 6.21 Å². The van der Waals surface area contributed by atoms with Gasteiger partial charge in [-0.2, -0.15) is 5.26 Å². The summed E-state index contributed by atoms with van der Waals surface area (Å²) in [7, 11) is 0. The lowest BCUT2D eigenvalue weighted by Gasteiger charge is -2.28. The minimum Gasteiger partial charge on any atom is -0.310 e. The summed E-state index contributed by atoms with van der Waals surface area (Å²) in [5.41, 5.74) is 3.27. The van der Waals surface area contributed by atoms with Gasteiger partial charge in [-0.15, -0.1) is 0 Å². The molecule has 1 aromatic carbocycles. The maximum atomic E-state index is 8.55. The normalized spacial score (nSPS) is 18.1. The lowest BCUT2D eigenvalue weighted by molar-refractivity contribution is 0.383. The fourth-order valence-corrected chi connectivity index (χ4v) is 1.76. The molecular formula is C15H15N3. The first-order valence-corrected chi connectivity index (χ1v) is 5.86. The van der Waals surface area contributed by atoms with Crippen LogP contribution in [0.2, 0.25) is 0 Å². The topological polar surface area (TPSA) is 48.2 Å². The van der Waals surface area contributed by atoms with Crippen LogP contribution in [-0.2, 0) is 0 Å². The number of nitrogens with one attached hydrogen (secondary N) is 1. The van der Waals surface area contributed by atoms with Crippen molar-refractivity contribution in [2.45, 2.75) is 12.5 Å². The molecule has 1 aliphatic rings. The van der Waals surface area contributed by atoms with Crippen LogP contribution in [0, 0.1) is 11.3 Å². The highest BCUT2D eigenvalue weighted by atomic mass is 15.0. The molecule has 0 saturated carbocycles. The van der Waals surface area contributed by atoms with Crippen molar-refractivity contribution in [2.24, 2.45) is 4.99 Å². The Morgan fingerprint density at radius 1 is 1.39 bits per heavy atom. The van der Waals surface area contributed by atoms with Crippen molar-refractivity contribution in [3.8, 4) is 6.07 Å². The summed E-state index contributed by atoms with van der Waals surface area (Å²) in [5, 5.41) is 11.9. The quantitative estimate of drug-likeness (QED) is 0.646. The maximum Gasteiger partial charge on any atom is 0.133 e. The number of nitrogens with zero attached hydrogens (tertiary/aromatic N) is 2. The van der Waals surface area contributed by atoms with Crippen LogP contribution in [0.3, 0.4) is 0 Å². The van der Waals surface area contributed by atoms with Crippen LogP contribution in [0.5, 0.6) is 0 Å². The monoisotopic (exact) mass is 237 g/mol. The number of aliphatic imine (C=N–C) groups is 1. The summed E-state index contributed by atoms with van der Waals surface area (Å²) in [6.07, 6.45) is 2.77. The number of hydrogen-bond acceptors (Lipinski definition) is 3. The standard InChI is InChI=1S/C15H15N3/c1-11(10-18-12(2)9-16)13-3-5-14(6-4-13)15-7-8-17-15/h3-6,10,15,17H,1-2,7-8H2. The molecule has 18 heavy (non-hydrogen) atoms. The Labute approximate surface area is 107 Å². The molecule has 0 aliphatic carbocycles. The fourth-order valence-electron chi connectivity index (χ4n) is 1.76. The van der Waals surface area contributed by atoms with Gasteiger partial charge in [0.05, 0.1) is 0 Å². The van der Waals surface area contributed by atoms with Gasteiger partial charge in [-0.05, 0) is 29.7 Å². The highest BCUT2D eigenvalue weighted by molar-refractivity contribution is 6.09. The molecule has 90 valence electrons. The van der Waals surface area contributed by atoms with Crippen LogP contribution in [-0.4, -0.2) is 12.8 Å². The molecule has 0 amide bonds. The predicted octanol–water partition coefficient (Wildman–Crippen LogP) is 2.84. The number of benzene rings is 1. The molecular weight excluding hydrogens is 222 g/mol. The van der Waals surface area contributed by atoms with Gasteiger partial charge in [0, 0.05) is 12.3 Å². The van der Waals surface area contributed by atoms with E-state index in [1.807, 2.05) is 18.2 Å². The smallest absolute Gasteiger partial charge is 0.133 e. The van der Waals surface area contributed by atoms with Gasteiger partial charge in [-0.25, -0.2) is 4.99 Å². The van der Waals surface area contributed by atoms with Crippen LogP contribution < -0.4 is 5.32 Å². The third kappa shape index (κ3) is 2.73. The molecule has 1 N–H and O–H groups in total. The Hall–Kier alpha value is -2.18. The molecule has 0 bridgehead atoms. The molecule has 0 aromatic heterocycles. The maximum absolute atomic E-state index is 8.55. The van der Waals surface area contributed by atoms with Gasteiger partial charge in [0.2, 0.25) is 0 Å². The van der Waals surface area contributed by atoms with Crippen LogP contribution in [0.25, 0.3) is 5.57 Å². The van der Waals surface area contributed by atoms with Crippen LogP contribution >= 0.6 is 0 Å². The summed E-state index contributed by atoms with van der Waals surface area (Å²) in [4.78, 5) is 3.91. The Balaban J connectivity index is 2.05. The van der Waals surface area contributed by atoms with Crippen molar-refractivity contribution in [3.05, 3.63) is 54.2 Å². The van der Waals surface area contributed by atoms with Crippen molar-refractivity contribution in [3.63, 3.8) is 0 Å². The molecule has 1 unspecified atom stereocenters. The molecule has 1 aliphatic heterocycles. The minimum absolute atomic E-state index is 0.187. The van der Waals surface area contributed by atoms with Crippen molar-refractivity contribution in [1.82, 2.24) is 5.32 Å². The molecule has 1 aromatic rings. The van der Waals surface area contributed by atoms with E-state index >= 15 is 0 Å². The average Bonchev–Trinajstić information content (AvgIpc) is 2.34. The van der Waals surface area contributed by atoms with Gasteiger partial charge in [-0.3, -0.25) is 0 Å². The zero-order chi connectivity index (χ0) is 13.0. The first-order chi connectivity index (χ1) is 8.70. The van der Waals surface area contributed by atoms with E-state index in [1.165, 1.54) is 12.0 Å². The molecule has 1 heterocycles. The number of rotatable bonds is 4. The number of hydrogen-bond donors (Lipinski definition) is 1. The Morgan fingerprint density at radius 2 is 2.06 bits per heavy atom. The number of nitriles is 1. The largest absolute Gasteiger partial charge is 0.310 e. The number of allylic oxidation sites excluding steroid dienone is 2. The Kier molecular flexibility index (Phi) is 3.71. The average molecular weight is 237 g/mol. The summed E-state index contributed by atoms with van der Waals surface area (Å²) >= 11 is 0. The predicted molar refractivity (Wildman–Crippen MR) is 74.1 cm³/mol. The molecule has 1 atom stereocenters. The summed E-state index contributed by atoms with van der Waals surface area (Å²) in [5.74, 6) is 0. The van der Waals surface area contributed by atoms with E-state index in [9.17, 15) is 0 Å². The Bertz CT molecular complexity index is 528. The van der Waals surface area contributed by atoms with Gasteiger partial charge >= 0.3 is 0 Å². The van der Waals surface area contributed by atoms with E-state index in [2.05, 4.69) is 35.6 Å². The molecule has 1 saturated heterocycles. The lowest BCUT2D eigenvalue weighted by atomic mass is 9.96. The molecule has 3 nitrogen and oxygen atoms in total. The van der Waals surface area contributed by atoms with Crippen molar-refractivity contribution < 1.29 is 0 Å². The van der Waals surface area contributed by atoms with Crippen LogP contribution in [0.15, 0.2) is 48.1 Å². The zero-order valence-electron chi connectivity index (χ0n) is 10.2. The highest BCUT2D eigenvalue weighted by Gasteiger charge is 2.17. The van der Waals surface area contributed by atoms with Crippen molar-refractivity contribution >= 4 is 11.8 Å². The first kappa shape index (κ1) is 12.3. The second-order valence-electron chi connectivity index (χ2n) is 4.26. The lowest BCUT2D eigenvalue weighted by Crippen LogP contribution is -2.34. The molecule has 3 heteroatoms. The first-order valence-electron chi connectivity index (χ1n) is 5.86. The van der Waals surface area contributed by atoms with Gasteiger partial charge in [0.15, 0.2) is 0 Å². The van der Waals surface area contributed by atoms with Crippen LogP contribution in [0.1, 0.15) is 23.6 Å². The molecule has 1 fully saturated rings. The van der Waals surface area contributed by atoms with Gasteiger partial charge < -0.3 is 5.32 Å². The fraction of sp³-hybridized carbons (Fsp3) is 0.200. The summed E-state index contributed by atoms with van der Waals surface area (Å²) in [6, 6.07) is 10.6. The van der Waals surface area contributed by atoms with Crippen molar-refractivity contribution in [1.29, 1.82) is 5.26 Å². The molecule has 2 rings (SSSR count). The van der Waals surface area contributed by atoms with E-state index in [4.69, 9.17) is 5.26 Å². The van der Waals surface area contributed by atoms with Crippen molar-refractivity contribution in [2.75, 3.05) is 6.54 Å². The third-order valence-corrected chi connectivity index (χ3v) is 3.01. The second kappa shape index (κ2) is 5.44. The molecule has 0 radical (unpaired) electrons. The van der Waals surface area contributed by atoms with Gasteiger partial charge in [0.1, 0.15) is 11.8 Å². The van der Waals surface area contributed by atoms with E-state index < -0.39 is 0 Å². The van der Waals surface area contributed by atoms with E-state index in [0.717, 1.165) is 17.7 Å². The van der Waals surface area contributed by atoms with Gasteiger partial charge in [0.25, 0.3) is 0 Å². The zero-order valence-corrected chi connectivity index (χ0v) is 10.2. The SMILES string of the molecule is C=C(C#N)N=CC(=C)c1ccc(C2CCN2)cc1. The van der Waals surface area contributed by atoms with E-state index in [0.29, 0.717) is 6.04 Å². The summed E-state index contributed by atoms with van der Waals surface area (Å²) in [6.45, 7) is 8.51. The van der Waals surface area contributed by atoms with Crippen LogP contribution in [0.4, 0.5) is 0 Å². The summed E-state index contributed by atoms with van der Waals surface area (Å²) < 4.78 is 0. The Morgan fingerprint density at radius 3 is 2.56 bits per heavy atom. The molecule has 0 spiro atoms. The second-order valence-corrected chi connectivity index (χ2v) is 4.26. The van der Waals surface area contributed by atoms with Gasteiger partial charge in [-0.1, -0.05) is 37.4 Å². The van der Waals surface area contributed by atoms with E-state index in [-0.39, 0.29) is 5.70 Å².